The van der Waals surface area contributed by atoms with Crippen LogP contribution >= 0.6 is 15.9 Å². The Morgan fingerprint density at radius 3 is 2.83 bits per heavy atom. The van der Waals surface area contributed by atoms with Gasteiger partial charge in [-0.25, -0.2) is 9.79 Å². The first-order valence-electron chi connectivity index (χ1n) is 3.20. The molecule has 1 N–H and O–H groups in total. The van der Waals surface area contributed by atoms with Crippen LogP contribution in [0.15, 0.2) is 16.6 Å². The normalized spacial score (nSPS) is 23.2. The van der Waals surface area contributed by atoms with Gasteiger partial charge < -0.3 is 5.11 Å². The molecule has 1 heterocycles. The number of dihydropyridines is 1. The van der Waals surface area contributed by atoms with Crippen molar-refractivity contribution in [3.63, 3.8) is 0 Å². The smallest absolute Gasteiger partial charge is 0.333 e. The maximum Gasteiger partial charge on any atom is 0.333 e. The number of nitrogens with zero attached hydrogens (tertiary/aromatic N) is 1. The van der Waals surface area contributed by atoms with Gasteiger partial charge in [0.05, 0.1) is 10.4 Å². The topological polar surface area (TPSA) is 66.7 Å². The van der Waals surface area contributed by atoms with Gasteiger partial charge in [-0.15, -0.1) is 0 Å². The van der Waals surface area contributed by atoms with Crippen LogP contribution in [-0.4, -0.2) is 27.5 Å². The highest BCUT2D eigenvalue weighted by Gasteiger charge is 2.25. The van der Waals surface area contributed by atoms with Gasteiger partial charge in [0, 0.05) is 11.8 Å². The number of hydrogen-bond donors (Lipinski definition) is 1. The van der Waals surface area contributed by atoms with E-state index in [1.807, 2.05) is 0 Å². The number of carboxylic acid groups (broad SMARTS) is 1. The highest BCUT2D eigenvalue weighted by molar-refractivity contribution is 9.10. The van der Waals surface area contributed by atoms with Crippen LogP contribution in [0.5, 0.6) is 0 Å². The molecular formula is C7H6BrNO3. The molecule has 0 spiro atoms. The third-order valence-corrected chi connectivity index (χ3v) is 2.61. The zero-order chi connectivity index (χ0) is 9.30. The number of amides is 1. The van der Waals surface area contributed by atoms with Crippen molar-refractivity contribution in [2.24, 2.45) is 4.99 Å². The predicted octanol–water partition coefficient (Wildman–Crippen LogP) is 0.762. The maximum absolute atomic E-state index is 10.8. The van der Waals surface area contributed by atoms with Crippen molar-refractivity contribution in [3.05, 3.63) is 11.6 Å². The summed E-state index contributed by atoms with van der Waals surface area (Å²) in [6.07, 6.45) is 1.02. The summed E-state index contributed by atoms with van der Waals surface area (Å²) >= 11 is 3.12. The van der Waals surface area contributed by atoms with Gasteiger partial charge in [-0.1, -0.05) is 15.9 Å². The fraction of sp³-hybridized carbons (Fsp3) is 0.286. The van der Waals surface area contributed by atoms with Gasteiger partial charge in [-0.3, -0.25) is 4.79 Å². The molecule has 0 radical (unpaired) electrons. The van der Waals surface area contributed by atoms with Crippen LogP contribution in [0.25, 0.3) is 0 Å². The molecule has 0 saturated heterocycles. The Balaban J connectivity index is 3.03. The van der Waals surface area contributed by atoms with Crippen LogP contribution in [-0.2, 0) is 9.59 Å². The van der Waals surface area contributed by atoms with Gasteiger partial charge in [0.15, 0.2) is 0 Å². The van der Waals surface area contributed by atoms with Crippen molar-refractivity contribution in [1.82, 2.24) is 0 Å². The van der Waals surface area contributed by atoms with E-state index in [2.05, 4.69) is 20.9 Å². The minimum atomic E-state index is -1.10. The van der Waals surface area contributed by atoms with E-state index < -0.39 is 16.7 Å². The van der Waals surface area contributed by atoms with Crippen molar-refractivity contribution in [3.8, 4) is 0 Å². The average Bonchev–Trinajstić information content (AvgIpc) is 1.96. The Labute approximate surface area is 77.1 Å². The fourth-order valence-corrected chi connectivity index (χ4v) is 1.29. The lowest BCUT2D eigenvalue weighted by atomic mass is 10.1. The van der Waals surface area contributed by atoms with Crippen LogP contribution in [0, 0.1) is 0 Å². The summed E-state index contributed by atoms with van der Waals surface area (Å²) in [5.74, 6) is -1.61. The SMILES string of the molecule is CC1=NC(=O)C=C(C(=O)O)C1Br. The van der Waals surface area contributed by atoms with Crippen LogP contribution < -0.4 is 0 Å². The Morgan fingerprint density at radius 1 is 1.75 bits per heavy atom. The summed E-state index contributed by atoms with van der Waals surface area (Å²) < 4.78 is 0. The quantitative estimate of drug-likeness (QED) is 0.678. The van der Waals surface area contributed by atoms with E-state index in [9.17, 15) is 9.59 Å². The molecule has 1 rings (SSSR count). The molecule has 64 valence electrons. The lowest BCUT2D eigenvalue weighted by Crippen LogP contribution is -2.24. The van der Waals surface area contributed by atoms with E-state index in [1.165, 1.54) is 0 Å². The van der Waals surface area contributed by atoms with Gasteiger partial charge in [0.1, 0.15) is 0 Å². The third kappa shape index (κ3) is 1.61. The lowest BCUT2D eigenvalue weighted by molar-refractivity contribution is -0.133. The van der Waals surface area contributed by atoms with Crippen molar-refractivity contribution in [1.29, 1.82) is 0 Å². The molecule has 0 aromatic heterocycles. The lowest BCUT2D eigenvalue weighted by Gasteiger charge is -2.13. The second kappa shape index (κ2) is 3.18. The largest absolute Gasteiger partial charge is 0.478 e. The molecule has 12 heavy (non-hydrogen) atoms. The molecule has 0 bridgehead atoms. The minimum absolute atomic E-state index is 0.0347. The first kappa shape index (κ1) is 9.12. The van der Waals surface area contributed by atoms with Gasteiger partial charge in [0.2, 0.25) is 0 Å². The van der Waals surface area contributed by atoms with Crippen molar-refractivity contribution in [2.45, 2.75) is 11.8 Å². The van der Waals surface area contributed by atoms with Gasteiger partial charge >= 0.3 is 5.97 Å². The van der Waals surface area contributed by atoms with Crippen LogP contribution in [0.1, 0.15) is 6.92 Å². The van der Waals surface area contributed by atoms with Crippen molar-refractivity contribution in [2.75, 3.05) is 0 Å². The summed E-state index contributed by atoms with van der Waals surface area (Å²) in [5, 5.41) is 8.64. The van der Waals surface area contributed by atoms with E-state index in [0.717, 1.165) is 6.08 Å². The number of rotatable bonds is 1. The zero-order valence-corrected chi connectivity index (χ0v) is 7.83. The molecular weight excluding hydrogens is 226 g/mol. The molecule has 0 fully saturated rings. The second-order valence-electron chi connectivity index (χ2n) is 2.36. The van der Waals surface area contributed by atoms with E-state index in [1.54, 1.807) is 6.92 Å². The van der Waals surface area contributed by atoms with Crippen molar-refractivity contribution >= 4 is 33.5 Å². The Hall–Kier alpha value is -0.970. The molecule has 0 aromatic carbocycles. The summed E-state index contributed by atoms with van der Waals surface area (Å²) in [6.45, 7) is 1.60. The highest BCUT2D eigenvalue weighted by Crippen LogP contribution is 2.18. The van der Waals surface area contributed by atoms with E-state index in [0.29, 0.717) is 5.71 Å². The van der Waals surface area contributed by atoms with Crippen LogP contribution in [0.3, 0.4) is 0 Å². The Bertz CT molecular complexity index is 306. The molecule has 1 atom stereocenters. The molecule has 1 aliphatic rings. The van der Waals surface area contributed by atoms with Gasteiger partial charge in [-0.2, -0.15) is 0 Å². The Kier molecular flexibility index (Phi) is 2.42. The minimum Gasteiger partial charge on any atom is -0.478 e. The second-order valence-corrected chi connectivity index (χ2v) is 3.27. The summed E-state index contributed by atoms with van der Waals surface area (Å²) in [4.78, 5) is 24.5. The number of carbonyl (C=O) groups excluding carboxylic acids is 1. The average molecular weight is 232 g/mol. The molecule has 0 saturated carbocycles. The number of alkyl halides is 1. The third-order valence-electron chi connectivity index (χ3n) is 1.45. The summed E-state index contributed by atoms with van der Waals surface area (Å²) in [7, 11) is 0. The zero-order valence-electron chi connectivity index (χ0n) is 6.24. The molecule has 5 heteroatoms. The number of carboxylic acids is 1. The highest BCUT2D eigenvalue weighted by atomic mass is 79.9. The Morgan fingerprint density at radius 2 is 2.33 bits per heavy atom. The van der Waals surface area contributed by atoms with E-state index in [4.69, 9.17) is 5.11 Å². The number of carbonyl (C=O) groups is 2. The molecule has 0 aromatic rings. The van der Waals surface area contributed by atoms with Gasteiger partial charge in [-0.05, 0) is 6.92 Å². The number of hydrogen-bond acceptors (Lipinski definition) is 2. The molecule has 1 aliphatic heterocycles. The van der Waals surface area contributed by atoms with Crippen molar-refractivity contribution < 1.29 is 14.7 Å². The molecule has 1 amide bonds. The molecule has 4 nitrogen and oxygen atoms in total. The standard InChI is InChI=1S/C7H6BrNO3/c1-3-6(8)4(7(11)12)2-5(10)9-3/h2,6H,1H3,(H,11,12). The predicted molar refractivity (Wildman–Crippen MR) is 46.5 cm³/mol. The van der Waals surface area contributed by atoms with Gasteiger partial charge in [0.25, 0.3) is 5.91 Å². The number of aliphatic imine (C=N–C) groups is 1. The van der Waals surface area contributed by atoms with E-state index in [-0.39, 0.29) is 5.57 Å². The molecule has 0 aliphatic carbocycles. The molecule has 1 unspecified atom stereocenters. The van der Waals surface area contributed by atoms with Crippen LogP contribution in [0.4, 0.5) is 0 Å². The first-order chi connectivity index (χ1) is 5.52. The van der Waals surface area contributed by atoms with E-state index >= 15 is 0 Å². The first-order valence-corrected chi connectivity index (χ1v) is 4.12. The summed E-state index contributed by atoms with van der Waals surface area (Å²) in [5.41, 5.74) is 0.507. The summed E-state index contributed by atoms with van der Waals surface area (Å²) in [6, 6.07) is 0. The van der Waals surface area contributed by atoms with Crippen LogP contribution in [0.2, 0.25) is 0 Å². The number of aliphatic carboxylic acids is 1. The fourth-order valence-electron chi connectivity index (χ4n) is 0.864. The number of halogens is 1. The maximum atomic E-state index is 10.8. The monoisotopic (exact) mass is 231 g/mol.